The molecular formula is C26H28F2N4O2. The van der Waals surface area contributed by atoms with Crippen LogP contribution in [0.3, 0.4) is 0 Å². The molecule has 2 aliphatic rings. The average molecular weight is 467 g/mol. The van der Waals surface area contributed by atoms with E-state index in [1.54, 1.807) is 6.07 Å². The summed E-state index contributed by atoms with van der Waals surface area (Å²) in [7, 11) is 1.92. The molecule has 8 heteroatoms. The molecule has 0 saturated carbocycles. The van der Waals surface area contributed by atoms with Gasteiger partial charge in [-0.05, 0) is 51.0 Å². The van der Waals surface area contributed by atoms with Crippen molar-refractivity contribution in [1.29, 1.82) is 0 Å². The Kier molecular flexibility index (Phi) is 5.43. The van der Waals surface area contributed by atoms with Crippen LogP contribution in [-0.4, -0.2) is 53.1 Å². The first-order valence-corrected chi connectivity index (χ1v) is 11.4. The first kappa shape index (κ1) is 22.5. The lowest BCUT2D eigenvalue weighted by molar-refractivity contribution is -0.156. The Balaban J connectivity index is 1.51. The predicted octanol–water partition coefficient (Wildman–Crippen LogP) is 4.89. The molecule has 6 nitrogen and oxygen atoms in total. The highest BCUT2D eigenvalue weighted by atomic mass is 19.1. The molecule has 2 aromatic heterocycles. The summed E-state index contributed by atoms with van der Waals surface area (Å²) in [6, 6.07) is 4.48. The Labute approximate surface area is 197 Å². The monoisotopic (exact) mass is 466 g/mol. The van der Waals surface area contributed by atoms with E-state index in [9.17, 15) is 9.18 Å². The largest absolute Gasteiger partial charge is 0.459 e. The van der Waals surface area contributed by atoms with Gasteiger partial charge >= 0.3 is 5.97 Å². The second-order valence-corrected chi connectivity index (χ2v) is 10.0. The summed E-state index contributed by atoms with van der Waals surface area (Å²) in [5.74, 6) is -1.11. The van der Waals surface area contributed by atoms with Crippen LogP contribution in [0.5, 0.6) is 0 Å². The van der Waals surface area contributed by atoms with Crippen LogP contribution in [0, 0.1) is 11.6 Å². The van der Waals surface area contributed by atoms with Crippen molar-refractivity contribution in [2.45, 2.75) is 39.3 Å². The smallest absolute Gasteiger partial charge is 0.320 e. The lowest BCUT2D eigenvalue weighted by Gasteiger charge is -2.28. The number of halogens is 2. The Hall–Kier alpha value is -3.26. The number of carbonyl (C=O) groups is 1. The van der Waals surface area contributed by atoms with Crippen LogP contribution in [0.25, 0.3) is 27.7 Å². The SMILES string of the molecule is CN1Cc2c(C3=CCN(CC(=O)OC(C)(C)C)CC3)[nH]c3ncc(F)c(c23)-c2cc(F)ccc21. The van der Waals surface area contributed by atoms with E-state index < -0.39 is 17.2 Å². The van der Waals surface area contributed by atoms with Gasteiger partial charge in [0.25, 0.3) is 0 Å². The normalized spacial score (nSPS) is 16.3. The fourth-order valence-electron chi connectivity index (χ4n) is 4.89. The third-order valence-corrected chi connectivity index (χ3v) is 6.30. The van der Waals surface area contributed by atoms with E-state index in [4.69, 9.17) is 4.74 Å². The predicted molar refractivity (Wildman–Crippen MR) is 128 cm³/mol. The highest BCUT2D eigenvalue weighted by molar-refractivity contribution is 6.03. The van der Waals surface area contributed by atoms with Crippen LogP contribution in [-0.2, 0) is 16.1 Å². The molecule has 2 aliphatic heterocycles. The number of hydrogen-bond acceptors (Lipinski definition) is 5. The summed E-state index contributed by atoms with van der Waals surface area (Å²) in [6.07, 6.45) is 4.02. The maximum atomic E-state index is 15.1. The van der Waals surface area contributed by atoms with E-state index in [0.29, 0.717) is 41.8 Å². The number of carbonyl (C=O) groups excluding carboxylic acids is 1. The summed E-state index contributed by atoms with van der Waals surface area (Å²) in [4.78, 5) is 24.0. The number of nitrogens with zero attached hydrogens (tertiary/aromatic N) is 3. The number of benzene rings is 1. The number of anilines is 1. The number of nitrogens with one attached hydrogen (secondary N) is 1. The van der Waals surface area contributed by atoms with Gasteiger partial charge in [-0.1, -0.05) is 6.08 Å². The molecule has 0 unspecified atom stereocenters. The van der Waals surface area contributed by atoms with Gasteiger partial charge in [-0.3, -0.25) is 9.69 Å². The van der Waals surface area contributed by atoms with Crippen molar-refractivity contribution in [2.75, 3.05) is 31.6 Å². The summed E-state index contributed by atoms with van der Waals surface area (Å²) in [6.45, 7) is 7.66. The molecule has 0 saturated heterocycles. The Morgan fingerprint density at radius 1 is 1.26 bits per heavy atom. The zero-order valence-corrected chi connectivity index (χ0v) is 19.8. The van der Waals surface area contributed by atoms with Gasteiger partial charge in [-0.2, -0.15) is 0 Å². The van der Waals surface area contributed by atoms with E-state index in [-0.39, 0.29) is 12.5 Å². The Morgan fingerprint density at radius 2 is 2.06 bits per heavy atom. The minimum Gasteiger partial charge on any atom is -0.459 e. The molecule has 0 spiro atoms. The standard InChI is InChI=1S/C26H28F2N4O2/c1-26(2,3)34-21(33)14-32-9-7-15(8-10-32)24-18-13-31(4)20-6-5-16(27)11-17(20)22-19(28)12-29-25(30-24)23(18)22/h5-7,11-12H,8-10,13-14H2,1-4H3,(H,29,30). The molecule has 178 valence electrons. The number of rotatable bonds is 3. The van der Waals surface area contributed by atoms with Crippen molar-refractivity contribution in [1.82, 2.24) is 14.9 Å². The number of hydrogen-bond donors (Lipinski definition) is 1. The van der Waals surface area contributed by atoms with E-state index in [2.05, 4.69) is 16.0 Å². The molecular weight excluding hydrogens is 438 g/mol. The summed E-state index contributed by atoms with van der Waals surface area (Å²) >= 11 is 0. The van der Waals surface area contributed by atoms with Crippen molar-refractivity contribution in [3.63, 3.8) is 0 Å². The molecule has 1 aromatic carbocycles. The van der Waals surface area contributed by atoms with Crippen LogP contribution >= 0.6 is 0 Å². The second-order valence-electron chi connectivity index (χ2n) is 10.0. The van der Waals surface area contributed by atoms with Crippen molar-refractivity contribution < 1.29 is 18.3 Å². The topological polar surface area (TPSA) is 61.5 Å². The third-order valence-electron chi connectivity index (χ3n) is 6.30. The minimum atomic E-state index is -0.508. The van der Waals surface area contributed by atoms with E-state index in [1.807, 2.05) is 37.6 Å². The van der Waals surface area contributed by atoms with Crippen molar-refractivity contribution in [3.8, 4) is 11.1 Å². The summed E-state index contributed by atoms with van der Waals surface area (Å²) in [5, 5.41) is 0.697. The lowest BCUT2D eigenvalue weighted by Crippen LogP contribution is -2.37. The van der Waals surface area contributed by atoms with Crippen LogP contribution in [0.15, 0.2) is 30.5 Å². The van der Waals surface area contributed by atoms with E-state index >= 15 is 4.39 Å². The lowest BCUT2D eigenvalue weighted by atomic mass is 9.97. The van der Waals surface area contributed by atoms with Crippen molar-refractivity contribution in [3.05, 3.63) is 53.4 Å². The van der Waals surface area contributed by atoms with Crippen molar-refractivity contribution >= 4 is 28.3 Å². The number of fused-ring (bicyclic) bond motifs is 2. The molecule has 0 atom stereocenters. The van der Waals surface area contributed by atoms with Gasteiger partial charge in [-0.15, -0.1) is 0 Å². The maximum Gasteiger partial charge on any atom is 0.320 e. The Morgan fingerprint density at radius 3 is 2.76 bits per heavy atom. The van der Waals surface area contributed by atoms with Crippen LogP contribution < -0.4 is 4.90 Å². The molecule has 1 N–H and O–H groups in total. The van der Waals surface area contributed by atoms with Gasteiger partial charge in [0.1, 0.15) is 22.9 Å². The highest BCUT2D eigenvalue weighted by Gasteiger charge is 2.29. The van der Waals surface area contributed by atoms with E-state index in [1.165, 1.54) is 18.3 Å². The molecule has 0 amide bonds. The van der Waals surface area contributed by atoms with E-state index in [0.717, 1.165) is 28.9 Å². The Bertz CT molecular complexity index is 1320. The fraction of sp³-hybridized carbons (Fsp3) is 0.385. The van der Waals surface area contributed by atoms with Gasteiger partial charge in [0.05, 0.1) is 12.7 Å². The number of esters is 1. The van der Waals surface area contributed by atoms with Gasteiger partial charge < -0.3 is 14.6 Å². The van der Waals surface area contributed by atoms with Crippen LogP contribution in [0.4, 0.5) is 14.5 Å². The molecule has 4 heterocycles. The summed E-state index contributed by atoms with van der Waals surface area (Å²) in [5.41, 5.74) is 4.73. The summed E-state index contributed by atoms with van der Waals surface area (Å²) < 4.78 is 34.7. The zero-order valence-electron chi connectivity index (χ0n) is 19.8. The molecule has 0 aliphatic carbocycles. The van der Waals surface area contributed by atoms with Crippen molar-refractivity contribution in [2.24, 2.45) is 0 Å². The van der Waals surface area contributed by atoms with Gasteiger partial charge in [0, 0.05) is 60.1 Å². The first-order chi connectivity index (χ1) is 16.1. The van der Waals surface area contributed by atoms with Crippen LogP contribution in [0.1, 0.15) is 38.4 Å². The fourth-order valence-corrected chi connectivity index (χ4v) is 4.89. The first-order valence-electron chi connectivity index (χ1n) is 11.4. The minimum absolute atomic E-state index is 0.237. The average Bonchev–Trinajstić information content (AvgIpc) is 3.04. The zero-order chi connectivity index (χ0) is 24.2. The maximum absolute atomic E-state index is 15.1. The van der Waals surface area contributed by atoms with Gasteiger partial charge in [0.15, 0.2) is 0 Å². The second kappa shape index (κ2) is 8.20. The number of ether oxygens (including phenoxy) is 1. The van der Waals surface area contributed by atoms with Gasteiger partial charge in [0.2, 0.25) is 0 Å². The molecule has 0 fully saturated rings. The number of aromatic nitrogens is 2. The quantitative estimate of drug-likeness (QED) is 0.557. The third kappa shape index (κ3) is 4.07. The number of aromatic amines is 1. The number of pyridine rings is 1. The van der Waals surface area contributed by atoms with Gasteiger partial charge in [-0.25, -0.2) is 13.8 Å². The molecule has 34 heavy (non-hydrogen) atoms. The molecule has 0 radical (unpaired) electrons. The van der Waals surface area contributed by atoms with Crippen LogP contribution in [0.2, 0.25) is 0 Å². The highest BCUT2D eigenvalue weighted by Crippen LogP contribution is 2.44. The molecule has 5 rings (SSSR count). The number of H-pyrrole nitrogens is 1. The molecule has 3 aromatic rings. The molecule has 0 bridgehead atoms.